The summed E-state index contributed by atoms with van der Waals surface area (Å²) in [5, 5.41) is 3.95. The van der Waals surface area contributed by atoms with E-state index in [0.29, 0.717) is 14.2 Å². The number of aryl methyl sites for hydroxylation is 1. The van der Waals surface area contributed by atoms with Crippen molar-refractivity contribution in [2.24, 2.45) is 7.05 Å². The monoisotopic (exact) mass is 443 g/mol. The fraction of sp³-hybridized carbons (Fsp3) is 0.467. The summed E-state index contributed by atoms with van der Waals surface area (Å²) in [5.41, 5.74) is -0.223. The molecule has 1 aliphatic rings. The molecule has 3 rings (SSSR count). The lowest BCUT2D eigenvalue weighted by Gasteiger charge is -2.24. The quantitative estimate of drug-likeness (QED) is 0.643. The average molecular weight is 445 g/mol. The number of hydrogen-bond acceptors (Lipinski definition) is 4. The Morgan fingerprint density at radius 3 is 2.50 bits per heavy atom. The van der Waals surface area contributed by atoms with Gasteiger partial charge in [-0.2, -0.15) is 5.10 Å². The molecule has 0 saturated carbocycles. The van der Waals surface area contributed by atoms with Crippen LogP contribution in [0.15, 0.2) is 6.20 Å². The first-order valence-electron chi connectivity index (χ1n) is 7.56. The zero-order valence-corrected chi connectivity index (χ0v) is 16.9. The van der Waals surface area contributed by atoms with Crippen LogP contribution in [-0.4, -0.2) is 32.9 Å². The molecule has 1 aliphatic heterocycles. The fourth-order valence-corrected chi connectivity index (χ4v) is 5.10. The standard InChI is InChI=1S/C15H14Cl3F2N3O2S/c1-5-11(8-9(16)13(18)26-12(8)17)25-6(2)23(5)15(24)7-4-22(3)21-10(7)14(19)20/h4-6,11,14H,1-3H3. The Morgan fingerprint density at radius 1 is 1.31 bits per heavy atom. The SMILES string of the molecule is CC1OC(c2c(Cl)sc(Cl)c2Cl)C(C)N1C(=O)c1cn(C)nc1C(F)F. The molecule has 0 aromatic carbocycles. The van der Waals surface area contributed by atoms with Gasteiger partial charge < -0.3 is 9.64 Å². The second kappa shape index (κ2) is 7.24. The maximum Gasteiger partial charge on any atom is 0.282 e. The molecule has 2 aromatic rings. The number of rotatable bonds is 3. The Balaban J connectivity index is 1.96. The van der Waals surface area contributed by atoms with Crippen LogP contribution in [0.2, 0.25) is 13.7 Å². The molecule has 0 N–H and O–H groups in total. The van der Waals surface area contributed by atoms with Crippen molar-refractivity contribution in [3.63, 3.8) is 0 Å². The molecule has 1 saturated heterocycles. The normalized spacial score (nSPS) is 23.3. The number of amides is 1. The summed E-state index contributed by atoms with van der Waals surface area (Å²) in [5.74, 6) is -0.593. The predicted molar refractivity (Wildman–Crippen MR) is 96.4 cm³/mol. The molecule has 3 atom stereocenters. The van der Waals surface area contributed by atoms with Gasteiger partial charge in [0.1, 0.15) is 26.7 Å². The molecule has 2 aromatic heterocycles. The molecular formula is C15H14Cl3F2N3O2S. The van der Waals surface area contributed by atoms with Gasteiger partial charge in [0.2, 0.25) is 0 Å². The Kier molecular flexibility index (Phi) is 5.52. The maximum absolute atomic E-state index is 13.2. The second-order valence-corrected chi connectivity index (χ2v) is 8.49. The van der Waals surface area contributed by atoms with Crippen LogP contribution in [0, 0.1) is 0 Å². The summed E-state index contributed by atoms with van der Waals surface area (Å²) < 4.78 is 34.2. The average Bonchev–Trinajstić information content (AvgIpc) is 3.15. The van der Waals surface area contributed by atoms with Crippen molar-refractivity contribution in [3.8, 4) is 0 Å². The van der Waals surface area contributed by atoms with Gasteiger partial charge in [-0.3, -0.25) is 9.48 Å². The van der Waals surface area contributed by atoms with Gasteiger partial charge in [0.15, 0.2) is 0 Å². The van der Waals surface area contributed by atoms with Crippen LogP contribution < -0.4 is 0 Å². The maximum atomic E-state index is 13.2. The van der Waals surface area contributed by atoms with Gasteiger partial charge in [-0.05, 0) is 13.8 Å². The number of ether oxygens (including phenoxy) is 1. The first-order valence-corrected chi connectivity index (χ1v) is 9.51. The van der Waals surface area contributed by atoms with E-state index in [1.165, 1.54) is 22.8 Å². The van der Waals surface area contributed by atoms with Gasteiger partial charge in [0.05, 0.1) is 16.6 Å². The number of halogens is 5. The Morgan fingerprint density at radius 2 is 1.96 bits per heavy atom. The van der Waals surface area contributed by atoms with E-state index >= 15 is 0 Å². The largest absolute Gasteiger partial charge is 0.348 e. The van der Waals surface area contributed by atoms with Crippen molar-refractivity contribution >= 4 is 52.0 Å². The summed E-state index contributed by atoms with van der Waals surface area (Å²) in [6.07, 6.45) is -2.87. The molecule has 0 aliphatic carbocycles. The molecule has 26 heavy (non-hydrogen) atoms. The summed E-state index contributed by atoms with van der Waals surface area (Å²) in [4.78, 5) is 14.3. The van der Waals surface area contributed by atoms with Gasteiger partial charge in [0.25, 0.3) is 12.3 Å². The molecule has 1 fully saturated rings. The summed E-state index contributed by atoms with van der Waals surface area (Å²) >= 11 is 19.6. The number of carbonyl (C=O) groups excluding carboxylic acids is 1. The number of aromatic nitrogens is 2. The van der Waals surface area contributed by atoms with E-state index in [1.807, 2.05) is 0 Å². The Labute approximate surface area is 167 Å². The molecule has 3 heterocycles. The van der Waals surface area contributed by atoms with Crippen molar-refractivity contribution in [1.82, 2.24) is 14.7 Å². The van der Waals surface area contributed by atoms with Crippen LogP contribution in [-0.2, 0) is 11.8 Å². The highest BCUT2D eigenvalue weighted by atomic mass is 35.5. The van der Waals surface area contributed by atoms with Crippen LogP contribution in [0.4, 0.5) is 8.78 Å². The van der Waals surface area contributed by atoms with E-state index in [4.69, 9.17) is 39.5 Å². The topological polar surface area (TPSA) is 47.4 Å². The number of thiophene rings is 1. The first kappa shape index (κ1) is 19.8. The highest BCUT2D eigenvalue weighted by molar-refractivity contribution is 7.20. The molecule has 142 valence electrons. The second-order valence-electron chi connectivity index (χ2n) is 5.89. The minimum absolute atomic E-state index is 0.161. The highest BCUT2D eigenvalue weighted by Gasteiger charge is 2.44. The van der Waals surface area contributed by atoms with E-state index in [2.05, 4.69) is 5.10 Å². The molecule has 0 spiro atoms. The summed E-state index contributed by atoms with van der Waals surface area (Å²) in [7, 11) is 1.48. The third-order valence-corrected chi connectivity index (χ3v) is 6.47. The summed E-state index contributed by atoms with van der Waals surface area (Å²) in [6.45, 7) is 3.39. The number of alkyl halides is 2. The van der Waals surface area contributed by atoms with Crippen LogP contribution in [0.3, 0.4) is 0 Å². The zero-order valence-electron chi connectivity index (χ0n) is 13.8. The Bertz CT molecular complexity index is 858. The van der Waals surface area contributed by atoms with E-state index < -0.39 is 36.4 Å². The smallest absolute Gasteiger partial charge is 0.282 e. The number of hydrogen-bond donors (Lipinski definition) is 0. The fourth-order valence-electron chi connectivity index (χ4n) is 3.11. The third kappa shape index (κ3) is 3.22. The lowest BCUT2D eigenvalue weighted by molar-refractivity contribution is 0.0136. The molecule has 1 amide bonds. The number of nitrogens with zero attached hydrogens (tertiary/aromatic N) is 3. The lowest BCUT2D eigenvalue weighted by atomic mass is 10.1. The van der Waals surface area contributed by atoms with Gasteiger partial charge in [-0.25, -0.2) is 8.78 Å². The highest BCUT2D eigenvalue weighted by Crippen LogP contribution is 2.48. The van der Waals surface area contributed by atoms with Crippen molar-refractivity contribution in [2.75, 3.05) is 0 Å². The molecule has 5 nitrogen and oxygen atoms in total. The minimum Gasteiger partial charge on any atom is -0.348 e. The van der Waals surface area contributed by atoms with Crippen LogP contribution in [0.5, 0.6) is 0 Å². The van der Waals surface area contributed by atoms with E-state index in [-0.39, 0.29) is 10.6 Å². The van der Waals surface area contributed by atoms with Gasteiger partial charge in [0, 0.05) is 18.8 Å². The van der Waals surface area contributed by atoms with Crippen molar-refractivity contribution in [2.45, 2.75) is 38.6 Å². The van der Waals surface area contributed by atoms with Crippen LogP contribution in [0.1, 0.15) is 48.0 Å². The summed E-state index contributed by atoms with van der Waals surface area (Å²) in [6, 6.07) is -0.496. The van der Waals surface area contributed by atoms with Crippen molar-refractivity contribution < 1.29 is 18.3 Å². The van der Waals surface area contributed by atoms with E-state index in [1.54, 1.807) is 13.8 Å². The van der Waals surface area contributed by atoms with Gasteiger partial charge >= 0.3 is 0 Å². The third-order valence-electron chi connectivity index (χ3n) is 4.23. The predicted octanol–water partition coefficient (Wildman–Crippen LogP) is 5.33. The van der Waals surface area contributed by atoms with Crippen molar-refractivity contribution in [3.05, 3.63) is 36.7 Å². The molecule has 3 unspecified atom stereocenters. The van der Waals surface area contributed by atoms with Crippen molar-refractivity contribution in [1.29, 1.82) is 0 Å². The lowest BCUT2D eigenvalue weighted by Crippen LogP contribution is -2.40. The molecule has 11 heteroatoms. The molecule has 0 radical (unpaired) electrons. The first-order chi connectivity index (χ1) is 12.1. The minimum atomic E-state index is -2.86. The van der Waals surface area contributed by atoms with E-state index in [9.17, 15) is 13.6 Å². The molecular weight excluding hydrogens is 431 g/mol. The van der Waals surface area contributed by atoms with Crippen LogP contribution >= 0.6 is 46.1 Å². The van der Waals surface area contributed by atoms with Gasteiger partial charge in [-0.15, -0.1) is 11.3 Å². The molecule has 0 bridgehead atoms. The zero-order chi connectivity index (χ0) is 19.3. The number of carbonyl (C=O) groups is 1. The van der Waals surface area contributed by atoms with E-state index in [0.717, 1.165) is 11.3 Å². The van der Waals surface area contributed by atoms with Gasteiger partial charge in [-0.1, -0.05) is 34.8 Å². The Hall–Kier alpha value is -0.930. The van der Waals surface area contributed by atoms with Crippen LogP contribution in [0.25, 0.3) is 0 Å².